The lowest BCUT2D eigenvalue weighted by molar-refractivity contribution is -0.123. The van der Waals surface area contributed by atoms with Crippen LogP contribution in [0.1, 0.15) is 51.9 Å². The molecule has 0 spiro atoms. The van der Waals surface area contributed by atoms with Gasteiger partial charge in [-0.25, -0.2) is 0 Å². The maximum atomic E-state index is 12.3. The molecule has 0 aromatic heterocycles. The van der Waals surface area contributed by atoms with Crippen LogP contribution in [-0.2, 0) is 4.79 Å². The van der Waals surface area contributed by atoms with Gasteiger partial charge >= 0.3 is 0 Å². The zero-order valence-corrected chi connectivity index (χ0v) is 13.7. The molecule has 2 nitrogen and oxygen atoms in total. The SMILES string of the molecule is CC1(C(=O)NCC2(CBr)CCCCC2)CCCS1. The third kappa shape index (κ3) is 3.24. The maximum Gasteiger partial charge on any atom is 0.235 e. The highest BCUT2D eigenvalue weighted by Crippen LogP contribution is 2.40. The van der Waals surface area contributed by atoms with E-state index >= 15 is 0 Å². The second-order valence-electron chi connectivity index (χ2n) is 6.06. The van der Waals surface area contributed by atoms with Crippen LogP contribution in [0.4, 0.5) is 0 Å². The van der Waals surface area contributed by atoms with Crippen molar-refractivity contribution in [2.45, 2.75) is 56.6 Å². The van der Waals surface area contributed by atoms with E-state index in [2.05, 4.69) is 28.2 Å². The third-order valence-corrected chi connectivity index (χ3v) is 7.23. The zero-order valence-electron chi connectivity index (χ0n) is 11.3. The van der Waals surface area contributed by atoms with E-state index in [0.717, 1.165) is 24.0 Å². The summed E-state index contributed by atoms with van der Waals surface area (Å²) in [7, 11) is 0. The molecule has 1 aliphatic heterocycles. The van der Waals surface area contributed by atoms with E-state index in [1.807, 2.05) is 11.8 Å². The number of hydrogen-bond donors (Lipinski definition) is 1. The van der Waals surface area contributed by atoms with Crippen LogP contribution in [0.15, 0.2) is 0 Å². The van der Waals surface area contributed by atoms with Crippen molar-refractivity contribution in [1.29, 1.82) is 0 Å². The van der Waals surface area contributed by atoms with Crippen LogP contribution in [0, 0.1) is 5.41 Å². The molecule has 0 radical (unpaired) electrons. The fourth-order valence-corrected chi connectivity index (χ4v) is 5.06. The number of rotatable bonds is 4. The molecule has 1 atom stereocenters. The molecule has 0 aromatic rings. The number of halogens is 1. The lowest BCUT2D eigenvalue weighted by Gasteiger charge is -2.36. The fraction of sp³-hybridized carbons (Fsp3) is 0.929. The maximum absolute atomic E-state index is 12.3. The molecule has 1 N–H and O–H groups in total. The minimum absolute atomic E-state index is 0.165. The number of nitrogens with one attached hydrogen (secondary N) is 1. The van der Waals surface area contributed by atoms with Gasteiger partial charge < -0.3 is 5.32 Å². The molecule has 1 amide bonds. The topological polar surface area (TPSA) is 29.1 Å². The van der Waals surface area contributed by atoms with Crippen LogP contribution in [0.2, 0.25) is 0 Å². The van der Waals surface area contributed by atoms with Gasteiger partial charge in [-0.15, -0.1) is 11.8 Å². The van der Waals surface area contributed by atoms with Gasteiger partial charge in [0, 0.05) is 11.9 Å². The number of amides is 1. The predicted octanol–water partition coefficient (Wildman–Crippen LogP) is 3.73. The Morgan fingerprint density at radius 3 is 2.50 bits per heavy atom. The molecule has 1 saturated carbocycles. The Morgan fingerprint density at radius 1 is 1.22 bits per heavy atom. The van der Waals surface area contributed by atoms with Crippen molar-refractivity contribution >= 4 is 33.6 Å². The molecular formula is C14H24BrNOS. The molecule has 0 bridgehead atoms. The minimum Gasteiger partial charge on any atom is -0.354 e. The lowest BCUT2D eigenvalue weighted by Crippen LogP contribution is -2.46. The van der Waals surface area contributed by atoms with Crippen LogP contribution in [0.25, 0.3) is 0 Å². The Bertz CT molecular complexity index is 296. The van der Waals surface area contributed by atoms with E-state index < -0.39 is 0 Å². The molecule has 4 heteroatoms. The average molecular weight is 334 g/mol. The summed E-state index contributed by atoms with van der Waals surface area (Å²) in [6.45, 7) is 2.95. The first-order valence-corrected chi connectivity index (χ1v) is 9.19. The van der Waals surface area contributed by atoms with Gasteiger partial charge in [0.15, 0.2) is 0 Å². The van der Waals surface area contributed by atoms with Gasteiger partial charge in [0.25, 0.3) is 0 Å². The highest BCUT2D eigenvalue weighted by atomic mass is 79.9. The molecule has 2 fully saturated rings. The summed E-state index contributed by atoms with van der Waals surface area (Å²) in [6, 6.07) is 0. The van der Waals surface area contributed by atoms with Gasteiger partial charge in [-0.05, 0) is 43.8 Å². The number of alkyl halides is 1. The standard InChI is InChI=1S/C14H24BrNOS/c1-13(6-5-9-18-13)12(17)16-11-14(10-15)7-3-2-4-8-14/h2-11H2,1H3,(H,16,17). The Balaban J connectivity index is 1.87. The summed E-state index contributed by atoms with van der Waals surface area (Å²) in [5, 5.41) is 4.25. The molecule has 0 aromatic carbocycles. The van der Waals surface area contributed by atoms with Gasteiger partial charge in [-0.1, -0.05) is 35.2 Å². The van der Waals surface area contributed by atoms with Gasteiger partial charge in [-0.3, -0.25) is 4.79 Å². The first-order chi connectivity index (χ1) is 8.60. The van der Waals surface area contributed by atoms with Crippen molar-refractivity contribution in [3.63, 3.8) is 0 Å². The van der Waals surface area contributed by atoms with E-state index in [9.17, 15) is 4.79 Å². The van der Waals surface area contributed by atoms with Crippen LogP contribution in [0.5, 0.6) is 0 Å². The Hall–Kier alpha value is 0.300. The molecule has 1 saturated heterocycles. The van der Waals surface area contributed by atoms with Gasteiger partial charge in [0.1, 0.15) is 0 Å². The quantitative estimate of drug-likeness (QED) is 0.794. The second kappa shape index (κ2) is 6.17. The number of thioether (sulfide) groups is 1. The first kappa shape index (κ1) is 14.7. The summed E-state index contributed by atoms with van der Waals surface area (Å²) in [6.07, 6.45) is 8.70. The minimum atomic E-state index is -0.165. The van der Waals surface area contributed by atoms with Crippen molar-refractivity contribution in [1.82, 2.24) is 5.32 Å². The second-order valence-corrected chi connectivity index (χ2v) is 8.22. The summed E-state index contributed by atoms with van der Waals surface area (Å²) in [5.41, 5.74) is 0.313. The van der Waals surface area contributed by atoms with E-state index in [0.29, 0.717) is 5.41 Å². The molecule has 1 aliphatic carbocycles. The fourth-order valence-electron chi connectivity index (χ4n) is 3.07. The van der Waals surface area contributed by atoms with Crippen molar-refractivity contribution in [3.05, 3.63) is 0 Å². The zero-order chi connectivity index (χ0) is 13.1. The summed E-state index contributed by atoms with van der Waals surface area (Å²) < 4.78 is -0.165. The lowest BCUT2D eigenvalue weighted by atomic mass is 9.75. The van der Waals surface area contributed by atoms with E-state index in [4.69, 9.17) is 0 Å². The molecular weight excluding hydrogens is 310 g/mol. The predicted molar refractivity (Wildman–Crippen MR) is 82.4 cm³/mol. The first-order valence-electron chi connectivity index (χ1n) is 7.09. The van der Waals surface area contributed by atoms with Crippen molar-refractivity contribution in [2.75, 3.05) is 17.6 Å². The highest BCUT2D eigenvalue weighted by molar-refractivity contribution is 9.09. The normalized spacial score (nSPS) is 31.2. The Labute approximate surface area is 123 Å². The molecule has 2 aliphatic rings. The van der Waals surface area contributed by atoms with Crippen molar-refractivity contribution in [3.8, 4) is 0 Å². The van der Waals surface area contributed by atoms with E-state index in [1.165, 1.54) is 38.5 Å². The number of hydrogen-bond acceptors (Lipinski definition) is 2. The van der Waals surface area contributed by atoms with Crippen LogP contribution < -0.4 is 5.32 Å². The smallest absolute Gasteiger partial charge is 0.235 e. The van der Waals surface area contributed by atoms with Crippen LogP contribution in [-0.4, -0.2) is 28.3 Å². The van der Waals surface area contributed by atoms with Gasteiger partial charge in [0.05, 0.1) is 4.75 Å². The number of carbonyl (C=O) groups is 1. The Kier molecular flexibility index (Phi) is 5.04. The monoisotopic (exact) mass is 333 g/mol. The average Bonchev–Trinajstić information content (AvgIpc) is 2.85. The molecule has 2 rings (SSSR count). The van der Waals surface area contributed by atoms with Gasteiger partial charge in [-0.2, -0.15) is 0 Å². The Morgan fingerprint density at radius 2 is 1.94 bits per heavy atom. The van der Waals surface area contributed by atoms with Crippen LogP contribution >= 0.6 is 27.7 Å². The van der Waals surface area contributed by atoms with E-state index in [-0.39, 0.29) is 10.7 Å². The molecule has 104 valence electrons. The largest absolute Gasteiger partial charge is 0.354 e. The number of carbonyl (C=O) groups excluding carboxylic acids is 1. The van der Waals surface area contributed by atoms with Crippen molar-refractivity contribution < 1.29 is 4.79 Å². The molecule has 1 heterocycles. The molecule has 1 unspecified atom stereocenters. The summed E-state index contributed by atoms with van der Waals surface area (Å²) >= 11 is 5.48. The third-order valence-electron chi connectivity index (χ3n) is 4.52. The molecule has 18 heavy (non-hydrogen) atoms. The van der Waals surface area contributed by atoms with Crippen molar-refractivity contribution in [2.24, 2.45) is 5.41 Å². The van der Waals surface area contributed by atoms with E-state index in [1.54, 1.807) is 0 Å². The van der Waals surface area contributed by atoms with Crippen LogP contribution in [0.3, 0.4) is 0 Å². The summed E-state index contributed by atoms with van der Waals surface area (Å²) in [5.74, 6) is 1.39. The van der Waals surface area contributed by atoms with Gasteiger partial charge in [0.2, 0.25) is 5.91 Å². The summed E-state index contributed by atoms with van der Waals surface area (Å²) in [4.78, 5) is 12.3. The highest BCUT2D eigenvalue weighted by Gasteiger charge is 2.39.